The van der Waals surface area contributed by atoms with Crippen LogP contribution in [-0.2, 0) is 15.0 Å². The Kier molecular flexibility index (Phi) is 4.32. The standard InChI is InChI=1S/C18H21F2NO3/c19-14-6-4-5-13(11-14)17(7-2-1-3-8-17)15(22)21-10-9-18(20,12-21)16(23)24/h4-6,11H,1-3,7-10,12H2,(H,23,24). The second-order valence-electron chi connectivity index (χ2n) is 6.90. The van der Waals surface area contributed by atoms with E-state index in [9.17, 15) is 18.4 Å². The Bertz CT molecular complexity index is 657. The molecule has 0 spiro atoms. The molecule has 2 aliphatic rings. The number of aliphatic carboxylic acids is 1. The van der Waals surface area contributed by atoms with Gasteiger partial charge in [-0.25, -0.2) is 13.6 Å². The van der Waals surface area contributed by atoms with Crippen LogP contribution in [0.2, 0.25) is 0 Å². The van der Waals surface area contributed by atoms with Crippen molar-refractivity contribution in [1.82, 2.24) is 4.90 Å². The molecule has 0 radical (unpaired) electrons. The van der Waals surface area contributed by atoms with E-state index in [0.717, 1.165) is 19.3 Å². The van der Waals surface area contributed by atoms with Gasteiger partial charge in [0.1, 0.15) is 5.82 Å². The number of hydrogen-bond donors (Lipinski definition) is 1. The molecule has 1 atom stereocenters. The zero-order valence-corrected chi connectivity index (χ0v) is 13.4. The van der Waals surface area contributed by atoms with Gasteiger partial charge in [-0.2, -0.15) is 0 Å². The van der Waals surface area contributed by atoms with E-state index in [1.165, 1.54) is 17.0 Å². The SMILES string of the molecule is O=C(O)C1(F)CCN(C(=O)C2(c3cccc(F)c3)CCCCC2)C1. The van der Waals surface area contributed by atoms with Crippen LogP contribution in [0.5, 0.6) is 0 Å². The summed E-state index contributed by atoms with van der Waals surface area (Å²) >= 11 is 0. The zero-order valence-electron chi connectivity index (χ0n) is 13.4. The molecule has 1 saturated heterocycles. The number of carbonyl (C=O) groups is 2. The highest BCUT2D eigenvalue weighted by atomic mass is 19.1. The molecule has 1 N–H and O–H groups in total. The number of nitrogens with zero attached hydrogens (tertiary/aromatic N) is 1. The first kappa shape index (κ1) is 16.9. The molecule has 24 heavy (non-hydrogen) atoms. The van der Waals surface area contributed by atoms with Crippen LogP contribution in [0.4, 0.5) is 8.78 Å². The molecule has 1 aromatic carbocycles. The third kappa shape index (κ3) is 2.78. The fourth-order valence-corrected chi connectivity index (χ4v) is 3.99. The van der Waals surface area contributed by atoms with Crippen molar-refractivity contribution < 1.29 is 23.5 Å². The molecule has 0 aromatic heterocycles. The van der Waals surface area contributed by atoms with Crippen LogP contribution in [0, 0.1) is 5.82 Å². The fourth-order valence-electron chi connectivity index (χ4n) is 3.99. The predicted octanol–water partition coefficient (Wildman–Crippen LogP) is 3.05. The second kappa shape index (κ2) is 6.15. The van der Waals surface area contributed by atoms with E-state index in [2.05, 4.69) is 0 Å². The van der Waals surface area contributed by atoms with Crippen LogP contribution in [0.3, 0.4) is 0 Å². The Hall–Kier alpha value is -1.98. The molecule has 0 bridgehead atoms. The highest BCUT2D eigenvalue weighted by Crippen LogP contribution is 2.42. The maximum absolute atomic E-state index is 14.4. The number of halogens is 2. The Morgan fingerprint density at radius 3 is 2.42 bits per heavy atom. The monoisotopic (exact) mass is 337 g/mol. The van der Waals surface area contributed by atoms with Crippen LogP contribution in [-0.4, -0.2) is 40.6 Å². The first-order chi connectivity index (χ1) is 11.4. The smallest absolute Gasteiger partial charge is 0.343 e. The molecule has 1 unspecified atom stereocenters. The lowest BCUT2D eigenvalue weighted by Crippen LogP contribution is -2.49. The largest absolute Gasteiger partial charge is 0.479 e. The Labute approximate surface area is 139 Å². The normalized spacial score (nSPS) is 26.3. The summed E-state index contributed by atoms with van der Waals surface area (Å²) in [5, 5.41) is 9.04. The van der Waals surface area contributed by atoms with Gasteiger partial charge in [0, 0.05) is 13.0 Å². The van der Waals surface area contributed by atoms with Gasteiger partial charge in [-0.1, -0.05) is 31.4 Å². The van der Waals surface area contributed by atoms with Crippen molar-refractivity contribution in [2.75, 3.05) is 13.1 Å². The molecular formula is C18H21F2NO3. The number of carboxylic acids is 1. The first-order valence-electron chi connectivity index (χ1n) is 8.35. The summed E-state index contributed by atoms with van der Waals surface area (Å²) in [6.45, 7) is -0.350. The maximum atomic E-state index is 14.4. The lowest BCUT2D eigenvalue weighted by atomic mass is 9.68. The molecule has 1 amide bonds. The number of hydrogen-bond acceptors (Lipinski definition) is 2. The molecule has 1 aliphatic carbocycles. The van der Waals surface area contributed by atoms with E-state index >= 15 is 0 Å². The highest BCUT2D eigenvalue weighted by molar-refractivity contribution is 5.90. The number of amides is 1. The topological polar surface area (TPSA) is 57.6 Å². The molecule has 130 valence electrons. The second-order valence-corrected chi connectivity index (χ2v) is 6.90. The van der Waals surface area contributed by atoms with Gasteiger partial charge in [-0.05, 0) is 30.5 Å². The summed E-state index contributed by atoms with van der Waals surface area (Å²) in [5.41, 5.74) is -2.64. The minimum atomic E-state index is -2.38. The van der Waals surface area contributed by atoms with Crippen molar-refractivity contribution in [2.45, 2.75) is 49.6 Å². The van der Waals surface area contributed by atoms with E-state index in [0.29, 0.717) is 18.4 Å². The van der Waals surface area contributed by atoms with Crippen molar-refractivity contribution in [3.63, 3.8) is 0 Å². The summed E-state index contributed by atoms with van der Waals surface area (Å²) in [5.74, 6) is -2.20. The molecule has 3 rings (SSSR count). The Morgan fingerprint density at radius 2 is 1.83 bits per heavy atom. The van der Waals surface area contributed by atoms with Crippen LogP contribution in [0.25, 0.3) is 0 Å². The van der Waals surface area contributed by atoms with Gasteiger partial charge in [-0.15, -0.1) is 0 Å². The van der Waals surface area contributed by atoms with E-state index in [1.807, 2.05) is 0 Å². The van der Waals surface area contributed by atoms with Crippen molar-refractivity contribution in [2.24, 2.45) is 0 Å². The minimum absolute atomic E-state index is 0.0820. The third-order valence-electron chi connectivity index (χ3n) is 5.38. The number of likely N-dealkylation sites (tertiary alicyclic amines) is 1. The van der Waals surface area contributed by atoms with Crippen LogP contribution >= 0.6 is 0 Å². The summed E-state index contributed by atoms with van der Waals surface area (Å²) < 4.78 is 28.0. The summed E-state index contributed by atoms with van der Waals surface area (Å²) in [6.07, 6.45) is 3.65. The summed E-state index contributed by atoms with van der Waals surface area (Å²) in [6, 6.07) is 6.02. The van der Waals surface area contributed by atoms with Gasteiger partial charge < -0.3 is 10.0 Å². The predicted molar refractivity (Wildman–Crippen MR) is 83.8 cm³/mol. The van der Waals surface area contributed by atoms with Crippen molar-refractivity contribution in [1.29, 1.82) is 0 Å². The minimum Gasteiger partial charge on any atom is -0.479 e. The summed E-state index contributed by atoms with van der Waals surface area (Å²) in [4.78, 5) is 25.6. The van der Waals surface area contributed by atoms with Gasteiger partial charge in [0.15, 0.2) is 0 Å². The van der Waals surface area contributed by atoms with E-state index < -0.39 is 29.4 Å². The lowest BCUT2D eigenvalue weighted by molar-refractivity contribution is -0.150. The third-order valence-corrected chi connectivity index (χ3v) is 5.38. The average molecular weight is 337 g/mol. The maximum Gasteiger partial charge on any atom is 0.343 e. The van der Waals surface area contributed by atoms with Crippen molar-refractivity contribution in [3.8, 4) is 0 Å². The van der Waals surface area contributed by atoms with Crippen LogP contribution < -0.4 is 0 Å². The molecule has 1 heterocycles. The van der Waals surface area contributed by atoms with E-state index in [4.69, 9.17) is 5.11 Å². The Morgan fingerprint density at radius 1 is 1.12 bits per heavy atom. The lowest BCUT2D eigenvalue weighted by Gasteiger charge is -2.39. The number of benzene rings is 1. The molecule has 6 heteroatoms. The Balaban J connectivity index is 1.92. The average Bonchev–Trinajstić information content (AvgIpc) is 2.98. The molecule has 4 nitrogen and oxygen atoms in total. The zero-order chi connectivity index (χ0) is 17.4. The van der Waals surface area contributed by atoms with Gasteiger partial charge >= 0.3 is 5.97 Å². The number of rotatable bonds is 3. The van der Waals surface area contributed by atoms with E-state index in [1.54, 1.807) is 12.1 Å². The van der Waals surface area contributed by atoms with Gasteiger partial charge in [-0.3, -0.25) is 4.79 Å². The molecule has 2 fully saturated rings. The van der Waals surface area contributed by atoms with Crippen LogP contribution in [0.15, 0.2) is 24.3 Å². The molecule has 1 aliphatic heterocycles. The molecular weight excluding hydrogens is 316 g/mol. The number of carbonyl (C=O) groups excluding carboxylic acids is 1. The van der Waals surface area contributed by atoms with Crippen molar-refractivity contribution >= 4 is 11.9 Å². The quantitative estimate of drug-likeness (QED) is 0.922. The molecule has 1 saturated carbocycles. The number of alkyl halides is 1. The van der Waals surface area contributed by atoms with E-state index in [-0.39, 0.29) is 18.9 Å². The first-order valence-corrected chi connectivity index (χ1v) is 8.35. The number of carboxylic acid groups (broad SMARTS) is 1. The van der Waals surface area contributed by atoms with Gasteiger partial charge in [0.2, 0.25) is 11.6 Å². The summed E-state index contributed by atoms with van der Waals surface area (Å²) in [7, 11) is 0. The van der Waals surface area contributed by atoms with Crippen molar-refractivity contribution in [3.05, 3.63) is 35.6 Å². The fraction of sp³-hybridized carbons (Fsp3) is 0.556. The van der Waals surface area contributed by atoms with Crippen LogP contribution in [0.1, 0.15) is 44.1 Å². The van der Waals surface area contributed by atoms with Gasteiger partial charge in [0.05, 0.1) is 12.0 Å². The van der Waals surface area contributed by atoms with Gasteiger partial charge in [0.25, 0.3) is 0 Å². The molecule has 1 aromatic rings. The highest BCUT2D eigenvalue weighted by Gasteiger charge is 2.51.